The number of rotatable bonds is 2. The molecule has 1 amide bonds. The van der Waals surface area contributed by atoms with Gasteiger partial charge in [0.1, 0.15) is 0 Å². The Bertz CT molecular complexity index is 503. The lowest BCUT2D eigenvalue weighted by atomic mass is 9.85. The van der Waals surface area contributed by atoms with Gasteiger partial charge in [-0.25, -0.2) is 0 Å². The Hall–Kier alpha value is -1.36. The first-order valence-electron chi connectivity index (χ1n) is 8.06. The topological polar surface area (TPSA) is 69.8 Å². The molecule has 21 heavy (non-hydrogen) atoms. The SMILES string of the molecule is CC(C)(C)c1cc(NC(=O)C2CC3CCCCC3N2)n[nH]1. The number of hydrogen-bond acceptors (Lipinski definition) is 3. The number of H-pyrrole nitrogens is 1. The first kappa shape index (κ1) is 14.6. The molecule has 2 aliphatic rings. The second-order valence-electron chi connectivity index (χ2n) is 7.51. The zero-order chi connectivity index (χ0) is 15.0. The minimum absolute atomic E-state index is 0.0104. The molecule has 5 nitrogen and oxygen atoms in total. The highest BCUT2D eigenvalue weighted by atomic mass is 16.2. The zero-order valence-electron chi connectivity index (χ0n) is 13.2. The summed E-state index contributed by atoms with van der Waals surface area (Å²) in [5.41, 5.74) is 1.04. The standard InChI is InChI=1S/C16H26N4O/c1-16(2,3)13-9-14(20-19-13)18-15(21)12-8-10-6-4-5-7-11(10)17-12/h9-12,17H,4-8H2,1-3H3,(H2,18,19,20,21). The van der Waals surface area contributed by atoms with E-state index >= 15 is 0 Å². The minimum Gasteiger partial charge on any atom is -0.308 e. The molecule has 1 aromatic heterocycles. The molecular formula is C16H26N4O. The van der Waals surface area contributed by atoms with Gasteiger partial charge in [0.05, 0.1) is 6.04 Å². The van der Waals surface area contributed by atoms with Gasteiger partial charge >= 0.3 is 0 Å². The summed E-state index contributed by atoms with van der Waals surface area (Å²) in [4.78, 5) is 12.4. The van der Waals surface area contributed by atoms with Gasteiger partial charge in [0.25, 0.3) is 0 Å². The lowest BCUT2D eigenvalue weighted by Crippen LogP contribution is -2.39. The monoisotopic (exact) mass is 290 g/mol. The molecule has 1 saturated carbocycles. The Morgan fingerprint density at radius 1 is 1.33 bits per heavy atom. The number of nitrogens with zero attached hydrogens (tertiary/aromatic N) is 1. The second kappa shape index (κ2) is 5.44. The van der Waals surface area contributed by atoms with E-state index < -0.39 is 0 Å². The Kier molecular flexibility index (Phi) is 3.78. The van der Waals surface area contributed by atoms with Crippen LogP contribution in [-0.2, 0) is 10.2 Å². The van der Waals surface area contributed by atoms with E-state index in [4.69, 9.17) is 0 Å². The first-order chi connectivity index (χ1) is 9.93. The number of aromatic amines is 1. The molecule has 116 valence electrons. The van der Waals surface area contributed by atoms with E-state index in [1.807, 2.05) is 6.07 Å². The number of anilines is 1. The largest absolute Gasteiger partial charge is 0.308 e. The van der Waals surface area contributed by atoms with Gasteiger partial charge in [0.2, 0.25) is 5.91 Å². The van der Waals surface area contributed by atoms with Crippen LogP contribution in [0.5, 0.6) is 0 Å². The summed E-state index contributed by atoms with van der Waals surface area (Å²) < 4.78 is 0. The van der Waals surface area contributed by atoms with Gasteiger partial charge in [0.15, 0.2) is 5.82 Å². The molecule has 0 bridgehead atoms. The molecule has 1 aliphatic heterocycles. The average molecular weight is 290 g/mol. The van der Waals surface area contributed by atoms with Crippen molar-refractivity contribution in [1.82, 2.24) is 15.5 Å². The molecule has 3 atom stereocenters. The van der Waals surface area contributed by atoms with Crippen molar-refractivity contribution in [3.05, 3.63) is 11.8 Å². The molecule has 0 aromatic carbocycles. The molecule has 1 aromatic rings. The zero-order valence-corrected chi connectivity index (χ0v) is 13.2. The van der Waals surface area contributed by atoms with Crippen LogP contribution >= 0.6 is 0 Å². The number of amides is 1. The third-order valence-corrected chi connectivity index (χ3v) is 4.82. The van der Waals surface area contributed by atoms with Crippen LogP contribution in [0.25, 0.3) is 0 Å². The van der Waals surface area contributed by atoms with Gasteiger partial charge in [-0.1, -0.05) is 33.6 Å². The van der Waals surface area contributed by atoms with Crippen LogP contribution in [0.2, 0.25) is 0 Å². The van der Waals surface area contributed by atoms with Crippen molar-refractivity contribution in [1.29, 1.82) is 0 Å². The van der Waals surface area contributed by atoms with E-state index in [1.165, 1.54) is 25.7 Å². The van der Waals surface area contributed by atoms with E-state index in [0.717, 1.165) is 12.1 Å². The molecule has 3 unspecified atom stereocenters. The van der Waals surface area contributed by atoms with Crippen molar-refractivity contribution in [3.63, 3.8) is 0 Å². The Morgan fingerprint density at radius 3 is 2.76 bits per heavy atom. The molecule has 1 aliphatic carbocycles. The molecule has 0 spiro atoms. The lowest BCUT2D eigenvalue weighted by molar-refractivity contribution is -0.117. The Labute approximate surface area is 126 Å². The van der Waals surface area contributed by atoms with Gasteiger partial charge < -0.3 is 10.6 Å². The number of hydrogen-bond donors (Lipinski definition) is 3. The highest BCUT2D eigenvalue weighted by Crippen LogP contribution is 2.33. The van der Waals surface area contributed by atoms with Crippen LogP contribution < -0.4 is 10.6 Å². The van der Waals surface area contributed by atoms with Crippen molar-refractivity contribution in [2.75, 3.05) is 5.32 Å². The van der Waals surface area contributed by atoms with Crippen LogP contribution in [0.4, 0.5) is 5.82 Å². The Morgan fingerprint density at radius 2 is 2.10 bits per heavy atom. The number of fused-ring (bicyclic) bond motifs is 1. The summed E-state index contributed by atoms with van der Waals surface area (Å²) in [6, 6.07) is 2.41. The fourth-order valence-electron chi connectivity index (χ4n) is 3.50. The molecule has 3 N–H and O–H groups in total. The van der Waals surface area contributed by atoms with Gasteiger partial charge in [-0.05, 0) is 25.2 Å². The third kappa shape index (κ3) is 3.12. The summed E-state index contributed by atoms with van der Waals surface area (Å²) in [7, 11) is 0. The summed E-state index contributed by atoms with van der Waals surface area (Å²) in [5.74, 6) is 1.36. The quantitative estimate of drug-likeness (QED) is 0.784. The Balaban J connectivity index is 1.60. The van der Waals surface area contributed by atoms with E-state index in [2.05, 4.69) is 41.6 Å². The highest BCUT2D eigenvalue weighted by Gasteiger charge is 2.38. The van der Waals surface area contributed by atoms with Gasteiger partial charge in [-0.2, -0.15) is 5.10 Å². The summed E-state index contributed by atoms with van der Waals surface area (Å²) >= 11 is 0. The molecule has 2 heterocycles. The average Bonchev–Trinajstić information content (AvgIpc) is 3.03. The number of carbonyl (C=O) groups excluding carboxylic acids is 1. The van der Waals surface area contributed by atoms with Crippen LogP contribution in [-0.4, -0.2) is 28.2 Å². The van der Waals surface area contributed by atoms with Crippen molar-refractivity contribution in [3.8, 4) is 0 Å². The second-order valence-corrected chi connectivity index (χ2v) is 7.51. The number of nitrogens with one attached hydrogen (secondary N) is 3. The molecule has 5 heteroatoms. The summed E-state index contributed by atoms with van der Waals surface area (Å²) in [6.07, 6.45) is 6.04. The van der Waals surface area contributed by atoms with Crippen LogP contribution in [0.3, 0.4) is 0 Å². The van der Waals surface area contributed by atoms with Crippen molar-refractivity contribution < 1.29 is 4.79 Å². The molecule has 1 saturated heterocycles. The van der Waals surface area contributed by atoms with E-state index in [1.54, 1.807) is 0 Å². The maximum Gasteiger partial charge on any atom is 0.242 e. The third-order valence-electron chi connectivity index (χ3n) is 4.82. The lowest BCUT2D eigenvalue weighted by Gasteiger charge is -2.24. The number of carbonyl (C=O) groups is 1. The number of aromatic nitrogens is 2. The van der Waals surface area contributed by atoms with Gasteiger partial charge in [0, 0.05) is 23.2 Å². The fraction of sp³-hybridized carbons (Fsp3) is 0.750. The van der Waals surface area contributed by atoms with Crippen molar-refractivity contribution in [2.45, 2.75) is 70.4 Å². The van der Waals surface area contributed by atoms with Crippen LogP contribution in [0.1, 0.15) is 58.6 Å². The van der Waals surface area contributed by atoms with E-state index in [9.17, 15) is 4.79 Å². The molecule has 0 radical (unpaired) electrons. The van der Waals surface area contributed by atoms with Crippen molar-refractivity contribution >= 4 is 11.7 Å². The predicted octanol–water partition coefficient (Wildman–Crippen LogP) is 2.57. The van der Waals surface area contributed by atoms with Crippen LogP contribution in [0, 0.1) is 5.92 Å². The smallest absolute Gasteiger partial charge is 0.242 e. The van der Waals surface area contributed by atoms with Crippen LogP contribution in [0.15, 0.2) is 6.07 Å². The predicted molar refractivity (Wildman–Crippen MR) is 83.2 cm³/mol. The normalized spacial score (nSPS) is 29.2. The molecular weight excluding hydrogens is 264 g/mol. The first-order valence-corrected chi connectivity index (χ1v) is 8.06. The van der Waals surface area contributed by atoms with Crippen molar-refractivity contribution in [2.24, 2.45) is 5.92 Å². The fourth-order valence-corrected chi connectivity index (χ4v) is 3.50. The maximum atomic E-state index is 12.4. The van der Waals surface area contributed by atoms with E-state index in [-0.39, 0.29) is 17.4 Å². The molecule has 3 rings (SSSR count). The van der Waals surface area contributed by atoms with Gasteiger partial charge in [-0.3, -0.25) is 9.89 Å². The maximum absolute atomic E-state index is 12.4. The minimum atomic E-state index is -0.0621. The van der Waals surface area contributed by atoms with E-state index in [0.29, 0.717) is 17.8 Å². The molecule has 2 fully saturated rings. The summed E-state index contributed by atoms with van der Waals surface area (Å²) in [6.45, 7) is 6.36. The summed E-state index contributed by atoms with van der Waals surface area (Å²) in [5, 5.41) is 13.6. The highest BCUT2D eigenvalue weighted by molar-refractivity contribution is 5.94. The van der Waals surface area contributed by atoms with Gasteiger partial charge in [-0.15, -0.1) is 0 Å².